The molecule has 1 heterocycles. The van der Waals surface area contributed by atoms with Gasteiger partial charge in [0.2, 0.25) is 0 Å². The van der Waals surface area contributed by atoms with Crippen molar-refractivity contribution < 1.29 is 0 Å². The number of aryl methyl sites for hydroxylation is 2. The van der Waals surface area contributed by atoms with Crippen molar-refractivity contribution in [1.29, 1.82) is 0 Å². The van der Waals surface area contributed by atoms with E-state index in [2.05, 4.69) is 42.3 Å². The smallest absolute Gasteiger partial charge is 0.0605 e. The Morgan fingerprint density at radius 1 is 1.21 bits per heavy atom. The van der Waals surface area contributed by atoms with Crippen molar-refractivity contribution in [2.45, 2.75) is 26.3 Å². The predicted octanol–water partition coefficient (Wildman–Crippen LogP) is 3.86. The average Bonchev–Trinajstić information content (AvgIpc) is 2.39. The largest absolute Gasteiger partial charge is 0.311 e. The van der Waals surface area contributed by atoms with Crippen LogP contribution < -0.4 is 5.32 Å². The number of nitrogens with zero attached hydrogens (tertiary/aromatic N) is 1. The summed E-state index contributed by atoms with van der Waals surface area (Å²) in [6.07, 6.45) is 2.83. The lowest BCUT2D eigenvalue weighted by Crippen LogP contribution is -2.21. The zero-order valence-electron chi connectivity index (χ0n) is 11.6. The third-order valence-electron chi connectivity index (χ3n) is 3.29. The number of hydrogen-bond donors (Lipinski definition) is 1. The SMILES string of the molecule is CNC(Cc1ccc(Cl)cc1)c1ncc(C)cc1C. The Bertz CT molecular complexity index is 549. The van der Waals surface area contributed by atoms with Crippen molar-refractivity contribution in [3.63, 3.8) is 0 Å². The molecule has 0 spiro atoms. The second-order valence-electron chi connectivity index (χ2n) is 4.89. The Balaban J connectivity index is 2.22. The van der Waals surface area contributed by atoms with Crippen LogP contribution in [-0.4, -0.2) is 12.0 Å². The van der Waals surface area contributed by atoms with Gasteiger partial charge in [-0.15, -0.1) is 0 Å². The number of halogens is 1. The molecule has 0 saturated carbocycles. The lowest BCUT2D eigenvalue weighted by molar-refractivity contribution is 0.572. The van der Waals surface area contributed by atoms with Crippen LogP contribution in [0.3, 0.4) is 0 Å². The van der Waals surface area contributed by atoms with Crippen LogP contribution in [0.4, 0.5) is 0 Å². The standard InChI is InChI=1S/C16H19ClN2/c1-11-8-12(2)16(19-10-11)15(18-3)9-13-4-6-14(17)7-5-13/h4-8,10,15,18H,9H2,1-3H3. The van der Waals surface area contributed by atoms with Crippen LogP contribution in [0.25, 0.3) is 0 Å². The maximum Gasteiger partial charge on any atom is 0.0605 e. The van der Waals surface area contributed by atoms with E-state index >= 15 is 0 Å². The van der Waals surface area contributed by atoms with Crippen molar-refractivity contribution in [2.75, 3.05) is 7.05 Å². The third kappa shape index (κ3) is 3.55. The molecule has 3 heteroatoms. The summed E-state index contributed by atoms with van der Waals surface area (Å²) in [5.41, 5.74) is 4.80. The summed E-state index contributed by atoms with van der Waals surface area (Å²) in [7, 11) is 1.97. The van der Waals surface area contributed by atoms with Gasteiger partial charge in [-0.05, 0) is 56.1 Å². The predicted molar refractivity (Wildman–Crippen MR) is 80.7 cm³/mol. The van der Waals surface area contributed by atoms with E-state index in [0.717, 1.165) is 17.1 Å². The molecule has 0 amide bonds. The first-order valence-electron chi connectivity index (χ1n) is 6.45. The van der Waals surface area contributed by atoms with Crippen LogP contribution in [0.15, 0.2) is 36.5 Å². The molecule has 2 nitrogen and oxygen atoms in total. The van der Waals surface area contributed by atoms with E-state index in [-0.39, 0.29) is 6.04 Å². The first-order chi connectivity index (χ1) is 9.10. The summed E-state index contributed by atoms with van der Waals surface area (Å²) >= 11 is 5.91. The van der Waals surface area contributed by atoms with Crippen molar-refractivity contribution >= 4 is 11.6 Å². The van der Waals surface area contributed by atoms with Crippen LogP contribution >= 0.6 is 11.6 Å². The minimum absolute atomic E-state index is 0.224. The van der Waals surface area contributed by atoms with Crippen LogP contribution in [0, 0.1) is 13.8 Å². The van der Waals surface area contributed by atoms with Gasteiger partial charge in [-0.1, -0.05) is 29.8 Å². The highest BCUT2D eigenvalue weighted by Crippen LogP contribution is 2.21. The molecule has 19 heavy (non-hydrogen) atoms. The number of benzene rings is 1. The molecule has 1 atom stereocenters. The highest BCUT2D eigenvalue weighted by Gasteiger charge is 2.14. The molecule has 0 aliphatic heterocycles. The third-order valence-corrected chi connectivity index (χ3v) is 3.54. The summed E-state index contributed by atoms with van der Waals surface area (Å²) in [6, 6.07) is 10.4. The Hall–Kier alpha value is -1.38. The van der Waals surface area contributed by atoms with Gasteiger partial charge in [0, 0.05) is 11.2 Å². The molecule has 1 aromatic carbocycles. The van der Waals surface area contributed by atoms with E-state index in [0.29, 0.717) is 0 Å². The van der Waals surface area contributed by atoms with Crippen molar-refractivity contribution in [2.24, 2.45) is 0 Å². The molecular formula is C16H19ClN2. The Labute approximate surface area is 119 Å². The van der Waals surface area contributed by atoms with Crippen molar-refractivity contribution in [3.8, 4) is 0 Å². The van der Waals surface area contributed by atoms with Crippen LogP contribution in [0.1, 0.15) is 28.4 Å². The number of hydrogen-bond acceptors (Lipinski definition) is 2. The number of pyridine rings is 1. The number of nitrogens with one attached hydrogen (secondary N) is 1. The maximum atomic E-state index is 5.91. The van der Waals surface area contributed by atoms with Crippen molar-refractivity contribution in [1.82, 2.24) is 10.3 Å². The van der Waals surface area contributed by atoms with Gasteiger partial charge in [-0.3, -0.25) is 4.98 Å². The molecule has 0 bridgehead atoms. The normalized spacial score (nSPS) is 12.4. The monoisotopic (exact) mass is 274 g/mol. The molecular weight excluding hydrogens is 256 g/mol. The fourth-order valence-electron chi connectivity index (χ4n) is 2.28. The van der Waals surface area contributed by atoms with E-state index in [1.54, 1.807) is 0 Å². The highest BCUT2D eigenvalue weighted by molar-refractivity contribution is 6.30. The first kappa shape index (κ1) is 14.0. The lowest BCUT2D eigenvalue weighted by atomic mass is 9.99. The lowest BCUT2D eigenvalue weighted by Gasteiger charge is -2.18. The van der Waals surface area contributed by atoms with Gasteiger partial charge in [0.05, 0.1) is 11.7 Å². The second kappa shape index (κ2) is 6.18. The Morgan fingerprint density at radius 3 is 2.47 bits per heavy atom. The van der Waals surface area contributed by atoms with Gasteiger partial charge in [0.25, 0.3) is 0 Å². The molecule has 0 saturated heterocycles. The number of rotatable bonds is 4. The zero-order valence-corrected chi connectivity index (χ0v) is 12.3. The van der Waals surface area contributed by atoms with E-state index in [1.165, 1.54) is 16.7 Å². The van der Waals surface area contributed by atoms with E-state index in [1.807, 2.05) is 25.4 Å². The van der Waals surface area contributed by atoms with Crippen LogP contribution in [0.2, 0.25) is 5.02 Å². The summed E-state index contributed by atoms with van der Waals surface area (Å²) in [4.78, 5) is 4.57. The fraction of sp³-hybridized carbons (Fsp3) is 0.312. The highest BCUT2D eigenvalue weighted by atomic mass is 35.5. The summed E-state index contributed by atoms with van der Waals surface area (Å²) in [5.74, 6) is 0. The van der Waals surface area contributed by atoms with Gasteiger partial charge < -0.3 is 5.32 Å². The minimum atomic E-state index is 0.224. The van der Waals surface area contributed by atoms with E-state index < -0.39 is 0 Å². The maximum absolute atomic E-state index is 5.91. The van der Waals surface area contributed by atoms with Crippen molar-refractivity contribution in [3.05, 3.63) is 63.9 Å². The van der Waals surface area contributed by atoms with Gasteiger partial charge in [-0.25, -0.2) is 0 Å². The summed E-state index contributed by atoms with van der Waals surface area (Å²) in [5, 5.41) is 4.12. The zero-order chi connectivity index (χ0) is 13.8. The average molecular weight is 275 g/mol. The molecule has 1 unspecified atom stereocenters. The molecule has 100 valence electrons. The van der Waals surface area contributed by atoms with Crippen LogP contribution in [-0.2, 0) is 6.42 Å². The van der Waals surface area contributed by atoms with Gasteiger partial charge in [0.15, 0.2) is 0 Å². The molecule has 0 aliphatic rings. The summed E-state index contributed by atoms with van der Waals surface area (Å²) < 4.78 is 0. The van der Waals surface area contributed by atoms with Crippen LogP contribution in [0.5, 0.6) is 0 Å². The van der Waals surface area contributed by atoms with Gasteiger partial charge in [-0.2, -0.15) is 0 Å². The molecule has 0 radical (unpaired) electrons. The first-order valence-corrected chi connectivity index (χ1v) is 6.83. The molecule has 2 aromatic rings. The Kier molecular flexibility index (Phi) is 4.56. The molecule has 2 rings (SSSR count). The minimum Gasteiger partial charge on any atom is -0.311 e. The molecule has 0 aliphatic carbocycles. The topological polar surface area (TPSA) is 24.9 Å². The molecule has 1 N–H and O–H groups in total. The second-order valence-corrected chi connectivity index (χ2v) is 5.32. The van der Waals surface area contributed by atoms with Gasteiger partial charge >= 0.3 is 0 Å². The van der Waals surface area contributed by atoms with Gasteiger partial charge in [0.1, 0.15) is 0 Å². The summed E-state index contributed by atoms with van der Waals surface area (Å²) in [6.45, 7) is 4.18. The van der Waals surface area contributed by atoms with E-state index in [4.69, 9.17) is 11.6 Å². The quantitative estimate of drug-likeness (QED) is 0.916. The number of likely N-dealkylation sites (N-methyl/N-ethyl adjacent to an activating group) is 1. The Morgan fingerprint density at radius 2 is 1.89 bits per heavy atom. The van der Waals surface area contributed by atoms with E-state index in [9.17, 15) is 0 Å². The fourth-order valence-corrected chi connectivity index (χ4v) is 2.41. The number of aromatic nitrogens is 1. The molecule has 0 fully saturated rings. The molecule has 1 aromatic heterocycles.